The number of nitrogens with zero attached hydrogens (tertiary/aromatic N) is 1. The summed E-state index contributed by atoms with van der Waals surface area (Å²) < 4.78 is 13.2. The highest BCUT2D eigenvalue weighted by Gasteiger charge is 2.13. The average Bonchev–Trinajstić information content (AvgIpc) is 2.62. The van der Waals surface area contributed by atoms with Crippen molar-refractivity contribution in [2.45, 2.75) is 26.3 Å². The molecule has 0 saturated heterocycles. The van der Waals surface area contributed by atoms with Gasteiger partial charge in [0, 0.05) is 18.7 Å². The molecule has 2 amide bonds. The number of H-pyrrole nitrogens is 1. The number of halogens is 1. The van der Waals surface area contributed by atoms with Crippen LogP contribution in [0.5, 0.6) is 0 Å². The van der Waals surface area contributed by atoms with E-state index < -0.39 is 41.5 Å². The molecule has 0 aliphatic heterocycles. The molecule has 0 bridgehead atoms. The average molecular weight is 401 g/mol. The molecule has 0 aliphatic rings. The van der Waals surface area contributed by atoms with Crippen molar-refractivity contribution in [3.8, 4) is 0 Å². The van der Waals surface area contributed by atoms with Gasteiger partial charge in [0.1, 0.15) is 0 Å². The van der Waals surface area contributed by atoms with Gasteiger partial charge in [-0.1, -0.05) is 6.58 Å². The molecule has 156 valence electrons. The van der Waals surface area contributed by atoms with E-state index in [9.17, 15) is 28.4 Å². The molecular formula is C16H24FN5O6. The lowest BCUT2D eigenvalue weighted by molar-refractivity contribution is -0.121. The molecule has 0 spiro atoms. The largest absolute Gasteiger partial charge is 0.396 e. The van der Waals surface area contributed by atoms with E-state index in [0.29, 0.717) is 29.3 Å². The lowest BCUT2D eigenvalue weighted by Gasteiger charge is -2.07. The fourth-order valence-corrected chi connectivity index (χ4v) is 1.47. The van der Waals surface area contributed by atoms with Gasteiger partial charge < -0.3 is 21.5 Å². The highest BCUT2D eigenvalue weighted by Crippen LogP contribution is 1.85. The second kappa shape index (κ2) is 12.3. The molecule has 0 fully saturated rings. The van der Waals surface area contributed by atoms with Gasteiger partial charge in [-0.05, 0) is 20.3 Å². The van der Waals surface area contributed by atoms with Crippen LogP contribution in [-0.4, -0.2) is 58.1 Å². The zero-order chi connectivity index (χ0) is 21.9. The molecule has 11 nitrogen and oxygen atoms in total. The van der Waals surface area contributed by atoms with Gasteiger partial charge in [0.05, 0.1) is 18.8 Å². The first kappa shape index (κ1) is 24.9. The standard InChI is InChI=1S/C9H11FN4O4.C7H13NO2/c1-4(11)7(16)12-2-6(15)14-3-5(10)8(17)13-9(14)18;1-6(2)7(10)8-4-3-5-9/h3-4H,2,11H2,1H3,(H,12,16)(H,13,17,18);9H,1,3-5H2,2H3,(H,8,10)/t4-;/m1./s1. The summed E-state index contributed by atoms with van der Waals surface area (Å²) in [5, 5.41) is 13.1. The van der Waals surface area contributed by atoms with Gasteiger partial charge in [-0.3, -0.25) is 24.2 Å². The van der Waals surface area contributed by atoms with E-state index in [-0.39, 0.29) is 12.5 Å². The van der Waals surface area contributed by atoms with E-state index in [1.54, 1.807) is 11.9 Å². The van der Waals surface area contributed by atoms with Crippen LogP contribution < -0.4 is 27.6 Å². The lowest BCUT2D eigenvalue weighted by Crippen LogP contribution is -2.44. The van der Waals surface area contributed by atoms with Crippen molar-refractivity contribution < 1.29 is 23.9 Å². The highest BCUT2D eigenvalue weighted by molar-refractivity contribution is 5.92. The van der Waals surface area contributed by atoms with Crippen LogP contribution in [0.3, 0.4) is 0 Å². The minimum Gasteiger partial charge on any atom is -0.396 e. The van der Waals surface area contributed by atoms with Crippen molar-refractivity contribution in [2.75, 3.05) is 19.7 Å². The molecule has 12 heteroatoms. The van der Waals surface area contributed by atoms with Crippen LogP contribution in [-0.2, 0) is 9.59 Å². The summed E-state index contributed by atoms with van der Waals surface area (Å²) in [6, 6.07) is -0.818. The Kier molecular flexibility index (Phi) is 10.9. The monoisotopic (exact) mass is 401 g/mol. The third kappa shape index (κ3) is 9.00. The van der Waals surface area contributed by atoms with Crippen LogP contribution in [0.1, 0.15) is 25.1 Å². The van der Waals surface area contributed by atoms with Crippen LogP contribution in [0.4, 0.5) is 4.39 Å². The number of hydrogen-bond acceptors (Lipinski definition) is 7. The van der Waals surface area contributed by atoms with E-state index in [2.05, 4.69) is 17.2 Å². The first-order chi connectivity index (χ1) is 13.0. The number of nitrogens with one attached hydrogen (secondary N) is 3. The molecule has 6 N–H and O–H groups in total. The second-order valence-electron chi connectivity index (χ2n) is 5.62. The summed E-state index contributed by atoms with van der Waals surface area (Å²) in [5.41, 5.74) is 3.43. The second-order valence-corrected chi connectivity index (χ2v) is 5.62. The fourth-order valence-electron chi connectivity index (χ4n) is 1.47. The van der Waals surface area contributed by atoms with Crippen LogP contribution in [0.25, 0.3) is 0 Å². The summed E-state index contributed by atoms with van der Waals surface area (Å²) in [7, 11) is 0. The normalized spacial score (nSPS) is 10.9. The predicted octanol–water partition coefficient (Wildman–Crippen LogP) is -2.16. The van der Waals surface area contributed by atoms with E-state index in [1.165, 1.54) is 6.92 Å². The minimum absolute atomic E-state index is 0.108. The van der Waals surface area contributed by atoms with Crippen molar-refractivity contribution in [3.05, 3.63) is 45.0 Å². The van der Waals surface area contributed by atoms with E-state index >= 15 is 0 Å². The van der Waals surface area contributed by atoms with Crippen molar-refractivity contribution in [1.29, 1.82) is 0 Å². The molecule has 0 radical (unpaired) electrons. The Bertz CT molecular complexity index is 830. The van der Waals surface area contributed by atoms with Crippen molar-refractivity contribution in [3.63, 3.8) is 0 Å². The van der Waals surface area contributed by atoms with Crippen molar-refractivity contribution >= 4 is 17.7 Å². The molecule has 0 unspecified atom stereocenters. The van der Waals surface area contributed by atoms with Gasteiger partial charge in [0.2, 0.25) is 17.6 Å². The topological polar surface area (TPSA) is 176 Å². The Labute approximate surface area is 159 Å². The lowest BCUT2D eigenvalue weighted by atomic mass is 10.3. The van der Waals surface area contributed by atoms with E-state index in [1.807, 2.05) is 0 Å². The molecule has 28 heavy (non-hydrogen) atoms. The van der Waals surface area contributed by atoms with Gasteiger partial charge in [-0.2, -0.15) is 4.39 Å². The number of aromatic nitrogens is 2. The Morgan fingerprint density at radius 2 is 1.96 bits per heavy atom. The van der Waals surface area contributed by atoms with Gasteiger partial charge >= 0.3 is 5.69 Å². The number of aromatic amines is 1. The molecule has 1 aromatic heterocycles. The summed E-state index contributed by atoms with van der Waals surface area (Å²) in [6.45, 7) is 6.60. The number of carbonyl (C=O) groups is 3. The number of aliphatic hydroxyl groups excluding tert-OH is 1. The number of nitrogens with two attached hydrogens (primary N) is 1. The van der Waals surface area contributed by atoms with E-state index in [4.69, 9.17) is 10.8 Å². The Hall–Kier alpha value is -3.12. The molecule has 1 atom stereocenters. The zero-order valence-electron chi connectivity index (χ0n) is 15.6. The summed E-state index contributed by atoms with van der Waals surface area (Å²) in [5.74, 6) is -2.92. The SMILES string of the molecule is C=C(C)C(=O)NCCCO.C[C@@H](N)C(=O)NCC(=O)n1cc(F)c(=O)[nH]c1=O. The summed E-state index contributed by atoms with van der Waals surface area (Å²) in [6.07, 6.45) is 1.06. The third-order valence-electron chi connectivity index (χ3n) is 3.00. The molecule has 1 aromatic rings. The number of carbonyl (C=O) groups excluding carboxylic acids is 3. The quantitative estimate of drug-likeness (QED) is 0.255. The molecule has 0 aliphatic carbocycles. The number of aliphatic hydroxyl groups is 1. The fraction of sp³-hybridized carbons (Fsp3) is 0.438. The molecule has 0 aromatic carbocycles. The zero-order valence-corrected chi connectivity index (χ0v) is 15.6. The van der Waals surface area contributed by atoms with Crippen molar-refractivity contribution in [2.24, 2.45) is 5.73 Å². The molecular weight excluding hydrogens is 377 g/mol. The number of amides is 2. The highest BCUT2D eigenvalue weighted by atomic mass is 19.1. The van der Waals surface area contributed by atoms with Crippen molar-refractivity contribution in [1.82, 2.24) is 20.2 Å². The van der Waals surface area contributed by atoms with Gasteiger partial charge in [-0.25, -0.2) is 9.36 Å². The van der Waals surface area contributed by atoms with Crippen LogP contribution >= 0.6 is 0 Å². The third-order valence-corrected chi connectivity index (χ3v) is 3.00. The summed E-state index contributed by atoms with van der Waals surface area (Å²) in [4.78, 5) is 56.8. The van der Waals surface area contributed by atoms with Gasteiger partial charge in [-0.15, -0.1) is 0 Å². The first-order valence-corrected chi connectivity index (χ1v) is 8.13. The summed E-state index contributed by atoms with van der Waals surface area (Å²) >= 11 is 0. The Balaban J connectivity index is 0.000000621. The van der Waals surface area contributed by atoms with Crippen LogP contribution in [0.2, 0.25) is 0 Å². The minimum atomic E-state index is -1.28. The van der Waals surface area contributed by atoms with Crippen LogP contribution in [0, 0.1) is 5.82 Å². The maximum absolute atomic E-state index is 12.9. The number of hydrogen-bond donors (Lipinski definition) is 5. The maximum atomic E-state index is 12.9. The Morgan fingerprint density at radius 1 is 1.36 bits per heavy atom. The predicted molar refractivity (Wildman–Crippen MR) is 98.1 cm³/mol. The van der Waals surface area contributed by atoms with Gasteiger partial charge in [0.25, 0.3) is 11.5 Å². The molecule has 0 saturated carbocycles. The first-order valence-electron chi connectivity index (χ1n) is 8.13. The maximum Gasteiger partial charge on any atom is 0.335 e. The molecule has 1 rings (SSSR count). The molecule has 1 heterocycles. The number of rotatable bonds is 7. The smallest absolute Gasteiger partial charge is 0.335 e. The van der Waals surface area contributed by atoms with Gasteiger partial charge in [0.15, 0.2) is 0 Å². The van der Waals surface area contributed by atoms with Crippen LogP contribution in [0.15, 0.2) is 27.9 Å². The van der Waals surface area contributed by atoms with E-state index in [0.717, 1.165) is 0 Å². The Morgan fingerprint density at radius 3 is 2.46 bits per heavy atom.